The normalized spacial score (nSPS) is 9.73. The molecule has 3 N–H and O–H groups in total. The number of amides is 1. The minimum Gasteiger partial charge on any atom is -0.398 e. The van der Waals surface area contributed by atoms with Crippen LogP contribution in [0.1, 0.15) is 22.8 Å². The summed E-state index contributed by atoms with van der Waals surface area (Å²) in [5.74, 6) is -0.145. The van der Waals surface area contributed by atoms with Crippen molar-refractivity contribution in [1.82, 2.24) is 5.32 Å². The number of nitrogens with two attached hydrogens (primary N) is 1. The average Bonchev–Trinajstić information content (AvgIpc) is 2.14. The van der Waals surface area contributed by atoms with Gasteiger partial charge in [0.2, 0.25) is 0 Å². The summed E-state index contributed by atoms with van der Waals surface area (Å²) in [6, 6.07) is 5.43. The SMILES string of the molecule is C=C(C)CNC(=O)c1c(C)cccc1N. The van der Waals surface area contributed by atoms with E-state index in [2.05, 4.69) is 11.9 Å². The Labute approximate surface area is 90.0 Å². The molecule has 0 saturated carbocycles. The fourth-order valence-corrected chi connectivity index (χ4v) is 1.32. The summed E-state index contributed by atoms with van der Waals surface area (Å²) in [4.78, 5) is 11.8. The van der Waals surface area contributed by atoms with Gasteiger partial charge in [-0.05, 0) is 25.5 Å². The first kappa shape index (κ1) is 11.3. The molecule has 0 radical (unpaired) electrons. The van der Waals surface area contributed by atoms with Crippen LogP contribution < -0.4 is 11.1 Å². The van der Waals surface area contributed by atoms with Gasteiger partial charge in [0, 0.05) is 12.2 Å². The summed E-state index contributed by atoms with van der Waals surface area (Å²) in [6.07, 6.45) is 0. The largest absolute Gasteiger partial charge is 0.398 e. The second-order valence-corrected chi connectivity index (χ2v) is 3.68. The van der Waals surface area contributed by atoms with Crippen LogP contribution in [0, 0.1) is 6.92 Å². The molecular weight excluding hydrogens is 188 g/mol. The Hall–Kier alpha value is -1.77. The van der Waals surface area contributed by atoms with Crippen LogP contribution in [-0.4, -0.2) is 12.5 Å². The minimum absolute atomic E-state index is 0.145. The van der Waals surface area contributed by atoms with Crippen LogP contribution in [0.15, 0.2) is 30.4 Å². The van der Waals surface area contributed by atoms with Crippen LogP contribution in [-0.2, 0) is 0 Å². The van der Waals surface area contributed by atoms with Crippen molar-refractivity contribution in [3.8, 4) is 0 Å². The van der Waals surface area contributed by atoms with Crippen LogP contribution in [0.25, 0.3) is 0 Å². The molecule has 80 valence electrons. The number of carbonyl (C=O) groups excluding carboxylic acids is 1. The molecule has 0 heterocycles. The number of anilines is 1. The van der Waals surface area contributed by atoms with E-state index in [1.165, 1.54) is 0 Å². The van der Waals surface area contributed by atoms with Gasteiger partial charge in [-0.25, -0.2) is 0 Å². The van der Waals surface area contributed by atoms with E-state index in [4.69, 9.17) is 5.73 Å². The van der Waals surface area contributed by atoms with Crippen LogP contribution in [0.3, 0.4) is 0 Å². The highest BCUT2D eigenvalue weighted by molar-refractivity contribution is 6.00. The molecule has 0 saturated heterocycles. The monoisotopic (exact) mass is 204 g/mol. The van der Waals surface area contributed by atoms with Gasteiger partial charge in [0.15, 0.2) is 0 Å². The smallest absolute Gasteiger partial charge is 0.253 e. The summed E-state index contributed by atoms with van der Waals surface area (Å²) in [5, 5.41) is 2.76. The molecule has 1 amide bonds. The zero-order valence-electron chi connectivity index (χ0n) is 9.13. The molecule has 0 fully saturated rings. The van der Waals surface area contributed by atoms with Gasteiger partial charge in [-0.1, -0.05) is 24.3 Å². The van der Waals surface area contributed by atoms with E-state index in [-0.39, 0.29) is 5.91 Å². The zero-order chi connectivity index (χ0) is 11.4. The Morgan fingerprint density at radius 1 is 1.53 bits per heavy atom. The molecular formula is C12H16N2O. The van der Waals surface area contributed by atoms with E-state index in [0.29, 0.717) is 17.8 Å². The molecule has 0 aliphatic carbocycles. The van der Waals surface area contributed by atoms with Gasteiger partial charge in [0.05, 0.1) is 5.56 Å². The van der Waals surface area contributed by atoms with Gasteiger partial charge >= 0.3 is 0 Å². The number of nitrogen functional groups attached to an aromatic ring is 1. The molecule has 0 bridgehead atoms. The Morgan fingerprint density at radius 2 is 2.20 bits per heavy atom. The van der Waals surface area contributed by atoms with Gasteiger partial charge in [0.25, 0.3) is 5.91 Å². The van der Waals surface area contributed by atoms with Crippen molar-refractivity contribution in [2.75, 3.05) is 12.3 Å². The molecule has 0 spiro atoms. The summed E-state index contributed by atoms with van der Waals surface area (Å²) >= 11 is 0. The predicted octanol–water partition coefficient (Wildman–Crippen LogP) is 1.88. The quantitative estimate of drug-likeness (QED) is 0.583. The van der Waals surface area contributed by atoms with E-state index in [9.17, 15) is 4.79 Å². The molecule has 3 nitrogen and oxygen atoms in total. The van der Waals surface area contributed by atoms with Gasteiger partial charge in [0.1, 0.15) is 0 Å². The Balaban J connectivity index is 2.86. The first-order valence-electron chi connectivity index (χ1n) is 4.80. The summed E-state index contributed by atoms with van der Waals surface area (Å²) < 4.78 is 0. The number of hydrogen-bond donors (Lipinski definition) is 2. The van der Waals surface area contributed by atoms with Crippen molar-refractivity contribution in [2.24, 2.45) is 0 Å². The van der Waals surface area contributed by atoms with Gasteiger partial charge < -0.3 is 11.1 Å². The average molecular weight is 204 g/mol. The third-order valence-corrected chi connectivity index (χ3v) is 2.08. The molecule has 1 rings (SSSR count). The molecule has 0 aliphatic heterocycles. The third kappa shape index (κ3) is 2.84. The van der Waals surface area contributed by atoms with Gasteiger partial charge in [-0.3, -0.25) is 4.79 Å². The highest BCUT2D eigenvalue weighted by Crippen LogP contribution is 2.15. The summed E-state index contributed by atoms with van der Waals surface area (Å²) in [5.41, 5.74) is 8.60. The fourth-order valence-electron chi connectivity index (χ4n) is 1.32. The lowest BCUT2D eigenvalue weighted by molar-refractivity contribution is 0.0957. The van der Waals surface area contributed by atoms with E-state index in [0.717, 1.165) is 11.1 Å². The van der Waals surface area contributed by atoms with Gasteiger partial charge in [-0.2, -0.15) is 0 Å². The highest BCUT2D eigenvalue weighted by atomic mass is 16.1. The van der Waals surface area contributed by atoms with Gasteiger partial charge in [-0.15, -0.1) is 0 Å². The molecule has 0 aromatic heterocycles. The molecule has 3 heteroatoms. The Bertz CT molecular complexity index is 376. The van der Waals surface area contributed by atoms with E-state index < -0.39 is 0 Å². The number of hydrogen-bond acceptors (Lipinski definition) is 2. The van der Waals surface area contributed by atoms with Crippen LogP contribution in [0.4, 0.5) is 5.69 Å². The van der Waals surface area contributed by atoms with E-state index in [1.807, 2.05) is 26.0 Å². The number of carbonyl (C=O) groups is 1. The lowest BCUT2D eigenvalue weighted by atomic mass is 10.1. The highest BCUT2D eigenvalue weighted by Gasteiger charge is 2.11. The summed E-state index contributed by atoms with van der Waals surface area (Å²) in [6.45, 7) is 7.93. The number of rotatable bonds is 3. The number of benzene rings is 1. The van der Waals surface area contributed by atoms with Crippen molar-refractivity contribution in [2.45, 2.75) is 13.8 Å². The van der Waals surface area contributed by atoms with Crippen LogP contribution in [0.5, 0.6) is 0 Å². The number of aryl methyl sites for hydroxylation is 1. The van der Waals surface area contributed by atoms with Crippen molar-refractivity contribution in [1.29, 1.82) is 0 Å². The van der Waals surface area contributed by atoms with Crippen LogP contribution >= 0.6 is 0 Å². The maximum atomic E-state index is 11.8. The topological polar surface area (TPSA) is 55.1 Å². The Kier molecular flexibility index (Phi) is 3.50. The number of nitrogens with one attached hydrogen (secondary N) is 1. The van der Waals surface area contributed by atoms with Crippen molar-refractivity contribution in [3.63, 3.8) is 0 Å². The lowest BCUT2D eigenvalue weighted by Gasteiger charge is -2.09. The first-order chi connectivity index (χ1) is 7.02. The molecule has 0 atom stereocenters. The molecule has 15 heavy (non-hydrogen) atoms. The molecule has 0 aliphatic rings. The predicted molar refractivity (Wildman–Crippen MR) is 62.7 cm³/mol. The molecule has 0 unspecified atom stereocenters. The lowest BCUT2D eigenvalue weighted by Crippen LogP contribution is -2.26. The standard InChI is InChI=1S/C12H16N2O/c1-8(2)7-14-12(15)11-9(3)5-4-6-10(11)13/h4-6H,1,7,13H2,2-3H3,(H,14,15). The fraction of sp³-hybridized carbons (Fsp3) is 0.250. The third-order valence-electron chi connectivity index (χ3n) is 2.08. The molecule has 1 aromatic carbocycles. The Morgan fingerprint density at radius 3 is 2.73 bits per heavy atom. The van der Waals surface area contributed by atoms with E-state index >= 15 is 0 Å². The van der Waals surface area contributed by atoms with Crippen molar-refractivity contribution >= 4 is 11.6 Å². The van der Waals surface area contributed by atoms with E-state index in [1.54, 1.807) is 6.07 Å². The minimum atomic E-state index is -0.145. The second kappa shape index (κ2) is 4.64. The van der Waals surface area contributed by atoms with Crippen molar-refractivity contribution in [3.05, 3.63) is 41.5 Å². The maximum Gasteiger partial charge on any atom is 0.253 e. The molecule has 1 aromatic rings. The first-order valence-corrected chi connectivity index (χ1v) is 4.80. The van der Waals surface area contributed by atoms with Crippen LogP contribution in [0.2, 0.25) is 0 Å². The summed E-state index contributed by atoms with van der Waals surface area (Å²) in [7, 11) is 0. The second-order valence-electron chi connectivity index (χ2n) is 3.68. The van der Waals surface area contributed by atoms with Crippen molar-refractivity contribution < 1.29 is 4.79 Å². The maximum absolute atomic E-state index is 11.8. The zero-order valence-corrected chi connectivity index (χ0v) is 9.13.